The van der Waals surface area contributed by atoms with E-state index in [-0.39, 0.29) is 11.6 Å². The summed E-state index contributed by atoms with van der Waals surface area (Å²) in [5, 5.41) is 22.8. The maximum absolute atomic E-state index is 12.8. The summed E-state index contributed by atoms with van der Waals surface area (Å²) in [6.45, 7) is 5.32. The number of carbonyl (C=O) groups excluding carboxylic acids is 1. The van der Waals surface area contributed by atoms with Crippen LogP contribution in [0.1, 0.15) is 31.2 Å². The lowest BCUT2D eigenvalue weighted by Gasteiger charge is -2.17. The first-order chi connectivity index (χ1) is 16.0. The van der Waals surface area contributed by atoms with E-state index in [1.165, 1.54) is 48.9 Å². The van der Waals surface area contributed by atoms with Crippen molar-refractivity contribution in [1.29, 1.82) is 0 Å². The van der Waals surface area contributed by atoms with Gasteiger partial charge in [-0.15, -0.1) is 10.2 Å². The Labute approximate surface area is 196 Å². The minimum Gasteiger partial charge on any atom is -0.325 e. The maximum Gasteiger partial charge on any atom is 0.269 e. The van der Waals surface area contributed by atoms with Gasteiger partial charge in [-0.3, -0.25) is 19.8 Å². The van der Waals surface area contributed by atoms with Gasteiger partial charge in [-0.2, -0.15) is 0 Å². The van der Waals surface area contributed by atoms with Crippen molar-refractivity contribution in [2.45, 2.75) is 43.3 Å². The fourth-order valence-corrected chi connectivity index (χ4v) is 4.58. The van der Waals surface area contributed by atoms with Gasteiger partial charge in [0.1, 0.15) is 5.82 Å². The first kappa shape index (κ1) is 22.9. The Bertz CT molecular complexity index is 1100. The summed E-state index contributed by atoms with van der Waals surface area (Å²) in [5.74, 6) is 0.690. The van der Waals surface area contributed by atoms with Crippen LogP contribution in [0.2, 0.25) is 0 Å². The first-order valence-electron chi connectivity index (χ1n) is 10.9. The monoisotopic (exact) mass is 466 g/mol. The fraction of sp³-hybridized carbons (Fsp3) is 0.348. The number of thioether (sulfide) groups is 1. The average molecular weight is 467 g/mol. The first-order valence-corrected chi connectivity index (χ1v) is 11.8. The van der Waals surface area contributed by atoms with Crippen LogP contribution < -0.4 is 5.32 Å². The topological polar surface area (TPSA) is 106 Å². The molecule has 0 spiro atoms. The number of rotatable bonds is 9. The summed E-state index contributed by atoms with van der Waals surface area (Å²) in [7, 11) is 0. The van der Waals surface area contributed by atoms with Crippen LogP contribution >= 0.6 is 11.8 Å². The fourth-order valence-electron chi connectivity index (χ4n) is 3.71. The molecule has 0 saturated carbocycles. The van der Waals surface area contributed by atoms with E-state index in [0.29, 0.717) is 17.4 Å². The van der Waals surface area contributed by atoms with Gasteiger partial charge < -0.3 is 9.88 Å². The van der Waals surface area contributed by atoms with Gasteiger partial charge in [0.15, 0.2) is 5.16 Å². The summed E-state index contributed by atoms with van der Waals surface area (Å²) in [5.41, 5.74) is 1.64. The van der Waals surface area contributed by atoms with Crippen LogP contribution in [0.25, 0.3) is 0 Å². The van der Waals surface area contributed by atoms with Crippen LogP contribution in [-0.2, 0) is 17.9 Å². The van der Waals surface area contributed by atoms with Crippen molar-refractivity contribution in [3.05, 3.63) is 76.1 Å². The smallest absolute Gasteiger partial charge is 0.269 e. The number of nitro benzene ring substituents is 1. The number of aromatic nitrogens is 3. The number of anilines is 1. The van der Waals surface area contributed by atoms with Crippen LogP contribution in [0.5, 0.6) is 0 Å². The standard InChI is InChI=1S/C23H26N6O3S/c1-17(22(30)24-19-9-11-20(12-10-19)29(31)32)33-23-26-25-21(16-27-13-5-6-14-27)28(23)15-18-7-3-2-4-8-18/h2-4,7-12,17H,5-6,13-16H2,1H3,(H,24,30). The molecule has 172 valence electrons. The number of nitrogens with one attached hydrogen (secondary N) is 1. The Balaban J connectivity index is 1.47. The maximum atomic E-state index is 12.8. The van der Waals surface area contributed by atoms with Crippen molar-refractivity contribution < 1.29 is 9.72 Å². The van der Waals surface area contributed by atoms with Gasteiger partial charge >= 0.3 is 0 Å². The molecule has 9 nitrogen and oxygen atoms in total. The molecule has 3 aromatic rings. The summed E-state index contributed by atoms with van der Waals surface area (Å²) >= 11 is 1.35. The molecule has 0 bridgehead atoms. The number of nitro groups is 1. The third-order valence-corrected chi connectivity index (χ3v) is 6.62. The van der Waals surface area contributed by atoms with Gasteiger partial charge in [0.05, 0.1) is 23.3 Å². The van der Waals surface area contributed by atoms with E-state index in [1.807, 2.05) is 25.1 Å². The zero-order valence-corrected chi connectivity index (χ0v) is 19.2. The minimum atomic E-state index is -0.469. The molecule has 1 fully saturated rings. The molecule has 1 aliphatic heterocycles. The molecule has 10 heteroatoms. The molecule has 1 aliphatic rings. The molecule has 33 heavy (non-hydrogen) atoms. The second-order valence-electron chi connectivity index (χ2n) is 8.01. The second kappa shape index (κ2) is 10.6. The number of hydrogen-bond acceptors (Lipinski definition) is 7. The van der Waals surface area contributed by atoms with Crippen molar-refractivity contribution in [3.63, 3.8) is 0 Å². The molecular formula is C23H26N6O3S. The van der Waals surface area contributed by atoms with E-state index in [0.717, 1.165) is 31.0 Å². The summed E-state index contributed by atoms with van der Waals surface area (Å²) in [6.07, 6.45) is 2.41. The third-order valence-electron chi connectivity index (χ3n) is 5.54. The number of carbonyl (C=O) groups is 1. The van der Waals surface area contributed by atoms with Gasteiger partial charge in [-0.1, -0.05) is 42.1 Å². The highest BCUT2D eigenvalue weighted by atomic mass is 32.2. The predicted octanol–water partition coefficient (Wildman–Crippen LogP) is 3.95. The number of non-ortho nitro benzene ring substituents is 1. The van der Waals surface area contributed by atoms with Crippen molar-refractivity contribution >= 4 is 29.0 Å². The normalized spacial score (nSPS) is 14.8. The largest absolute Gasteiger partial charge is 0.325 e. The average Bonchev–Trinajstić information content (AvgIpc) is 3.46. The zero-order valence-electron chi connectivity index (χ0n) is 18.4. The molecule has 1 amide bonds. The van der Waals surface area contributed by atoms with Crippen LogP contribution in [0, 0.1) is 10.1 Å². The van der Waals surface area contributed by atoms with E-state index in [4.69, 9.17) is 0 Å². The number of amides is 1. The molecule has 1 aromatic heterocycles. The van der Waals surface area contributed by atoms with E-state index in [9.17, 15) is 14.9 Å². The molecule has 2 heterocycles. The van der Waals surface area contributed by atoms with Gasteiger partial charge in [-0.05, 0) is 50.6 Å². The lowest BCUT2D eigenvalue weighted by atomic mass is 10.2. The highest BCUT2D eigenvalue weighted by molar-refractivity contribution is 8.00. The van der Waals surface area contributed by atoms with E-state index in [2.05, 4.69) is 37.1 Å². The van der Waals surface area contributed by atoms with E-state index < -0.39 is 10.2 Å². The highest BCUT2D eigenvalue weighted by Crippen LogP contribution is 2.26. The summed E-state index contributed by atoms with van der Waals surface area (Å²) < 4.78 is 2.09. The van der Waals surface area contributed by atoms with Gasteiger partial charge in [0, 0.05) is 17.8 Å². The number of hydrogen-bond donors (Lipinski definition) is 1. The van der Waals surface area contributed by atoms with Gasteiger partial charge in [0.25, 0.3) is 5.69 Å². The second-order valence-corrected chi connectivity index (χ2v) is 9.32. The van der Waals surface area contributed by atoms with E-state index in [1.54, 1.807) is 0 Å². The zero-order chi connectivity index (χ0) is 23.2. The molecule has 1 N–H and O–H groups in total. The molecular weight excluding hydrogens is 440 g/mol. The molecule has 1 unspecified atom stereocenters. The highest BCUT2D eigenvalue weighted by Gasteiger charge is 2.22. The quantitative estimate of drug-likeness (QED) is 0.289. The Kier molecular flexibility index (Phi) is 7.36. The van der Waals surface area contributed by atoms with Crippen LogP contribution in [0.3, 0.4) is 0 Å². The Morgan fingerprint density at radius 1 is 1.09 bits per heavy atom. The van der Waals surface area contributed by atoms with Crippen molar-refractivity contribution in [3.8, 4) is 0 Å². The minimum absolute atomic E-state index is 0.0185. The molecule has 1 saturated heterocycles. The van der Waals surface area contributed by atoms with Crippen LogP contribution in [-0.4, -0.2) is 48.8 Å². The van der Waals surface area contributed by atoms with Crippen LogP contribution in [0.15, 0.2) is 59.8 Å². The van der Waals surface area contributed by atoms with Crippen LogP contribution in [0.4, 0.5) is 11.4 Å². The van der Waals surface area contributed by atoms with Gasteiger partial charge in [0.2, 0.25) is 5.91 Å². The van der Waals surface area contributed by atoms with Crippen molar-refractivity contribution in [2.24, 2.45) is 0 Å². The summed E-state index contributed by atoms with van der Waals surface area (Å²) in [4.78, 5) is 25.5. The van der Waals surface area contributed by atoms with Crippen molar-refractivity contribution in [2.75, 3.05) is 18.4 Å². The molecule has 4 rings (SSSR count). The third kappa shape index (κ3) is 5.96. The molecule has 2 aromatic carbocycles. The molecule has 0 radical (unpaired) electrons. The Hall–Kier alpha value is -3.24. The van der Waals surface area contributed by atoms with Gasteiger partial charge in [-0.25, -0.2) is 0 Å². The summed E-state index contributed by atoms with van der Waals surface area (Å²) in [6, 6.07) is 15.9. The number of nitrogens with zero attached hydrogens (tertiary/aromatic N) is 5. The van der Waals surface area contributed by atoms with E-state index >= 15 is 0 Å². The molecule has 0 aliphatic carbocycles. The Morgan fingerprint density at radius 2 is 1.79 bits per heavy atom. The molecule has 1 atom stereocenters. The van der Waals surface area contributed by atoms with Crippen molar-refractivity contribution in [1.82, 2.24) is 19.7 Å². The number of benzene rings is 2. The Morgan fingerprint density at radius 3 is 2.45 bits per heavy atom. The SMILES string of the molecule is CC(Sc1nnc(CN2CCCC2)n1Cc1ccccc1)C(=O)Nc1ccc([N+](=O)[O-])cc1. The number of likely N-dealkylation sites (tertiary alicyclic amines) is 1. The predicted molar refractivity (Wildman–Crippen MR) is 127 cm³/mol. The lowest BCUT2D eigenvalue weighted by Crippen LogP contribution is -2.24. The lowest BCUT2D eigenvalue weighted by molar-refractivity contribution is -0.384.